The topological polar surface area (TPSA) is 42.0 Å². The molecule has 0 aliphatic heterocycles. The van der Waals surface area contributed by atoms with Crippen LogP contribution in [0.1, 0.15) is 0 Å². The number of rotatable bonds is 2. The molecule has 0 saturated carbocycles. The van der Waals surface area contributed by atoms with Gasteiger partial charge < -0.3 is 5.32 Å². The summed E-state index contributed by atoms with van der Waals surface area (Å²) in [5.74, 6) is -0.0554. The summed E-state index contributed by atoms with van der Waals surface area (Å²) in [6.07, 6.45) is 1.62. The smallest absolute Gasteiger partial charge is 0.235 e. The van der Waals surface area contributed by atoms with Crippen molar-refractivity contribution < 1.29 is 4.79 Å². The summed E-state index contributed by atoms with van der Waals surface area (Å²) in [7, 11) is 0. The summed E-state index contributed by atoms with van der Waals surface area (Å²) in [6.45, 7) is 0. The van der Waals surface area contributed by atoms with Crippen LogP contribution in [0.15, 0.2) is 11.6 Å². The molecule has 0 bridgehead atoms. The zero-order valence-electron chi connectivity index (χ0n) is 5.00. The van der Waals surface area contributed by atoms with Crippen molar-refractivity contribution in [2.24, 2.45) is 0 Å². The van der Waals surface area contributed by atoms with Crippen LogP contribution in [0.5, 0.6) is 0 Å². The molecule has 1 aromatic rings. The third kappa shape index (κ3) is 2.07. The van der Waals surface area contributed by atoms with Gasteiger partial charge in [0.1, 0.15) is 0 Å². The molecule has 1 amide bonds. The molecule has 0 radical (unpaired) electrons. The molecule has 5 heteroatoms. The van der Waals surface area contributed by atoms with Crippen LogP contribution in [-0.4, -0.2) is 15.6 Å². The third-order valence-corrected chi connectivity index (χ3v) is 1.93. The largest absolute Gasteiger partial charge is 0.323 e. The molecule has 54 valence electrons. The molecule has 1 rings (SSSR count). The van der Waals surface area contributed by atoms with E-state index in [1.165, 1.54) is 11.5 Å². The fourth-order valence-electron chi connectivity index (χ4n) is 0.461. The maximum absolute atomic E-state index is 10.7. The van der Waals surface area contributed by atoms with Crippen LogP contribution in [-0.2, 0) is 4.79 Å². The number of amides is 1. The van der Waals surface area contributed by atoms with Gasteiger partial charge in [0.05, 0.1) is 17.2 Å². The molecule has 1 N–H and O–H groups in total. The van der Waals surface area contributed by atoms with Gasteiger partial charge in [-0.3, -0.25) is 4.79 Å². The lowest BCUT2D eigenvalue weighted by Gasteiger charge is -1.95. The summed E-state index contributed by atoms with van der Waals surface area (Å²) >= 11 is 4.34. The molecule has 3 nitrogen and oxygen atoms in total. The molecule has 0 aliphatic rings. The molecule has 1 heterocycles. The van der Waals surface area contributed by atoms with E-state index in [-0.39, 0.29) is 5.91 Å². The highest BCUT2D eigenvalue weighted by Gasteiger charge is 1.98. The summed E-state index contributed by atoms with van der Waals surface area (Å²) < 4.78 is 3.82. The second-order valence-corrected chi connectivity index (χ2v) is 2.81. The van der Waals surface area contributed by atoms with E-state index in [4.69, 9.17) is 0 Å². The molecule has 0 aliphatic carbocycles. The minimum Gasteiger partial charge on any atom is -0.323 e. The summed E-state index contributed by atoms with van der Waals surface area (Å²) in [5.41, 5.74) is 0.759. The van der Waals surface area contributed by atoms with Gasteiger partial charge in [0.25, 0.3) is 0 Å². The van der Waals surface area contributed by atoms with Crippen molar-refractivity contribution in [3.8, 4) is 0 Å². The van der Waals surface area contributed by atoms with Crippen LogP contribution in [0, 0.1) is 0 Å². The number of nitrogens with zero attached hydrogens (tertiary/aromatic N) is 1. The van der Waals surface area contributed by atoms with Crippen molar-refractivity contribution in [1.82, 2.24) is 4.37 Å². The first kappa shape index (κ1) is 7.68. The Morgan fingerprint density at radius 3 is 3.20 bits per heavy atom. The van der Waals surface area contributed by atoms with Crippen LogP contribution in [0.2, 0.25) is 0 Å². The van der Waals surface area contributed by atoms with E-state index in [2.05, 4.69) is 25.6 Å². The second kappa shape index (κ2) is 3.68. The Balaban J connectivity index is 2.48. The number of hydrogen-bond donors (Lipinski definition) is 1. The minimum absolute atomic E-state index is 0.0554. The Kier molecular flexibility index (Phi) is 2.82. The van der Waals surface area contributed by atoms with E-state index in [9.17, 15) is 4.79 Å². The fraction of sp³-hybridized carbons (Fsp3) is 0.200. The molecule has 0 aromatic carbocycles. The minimum atomic E-state index is -0.0554. The molecular formula is C5H5BrN2OS. The molecule has 0 fully saturated rings. The first-order valence-corrected chi connectivity index (χ1v) is 4.54. The summed E-state index contributed by atoms with van der Waals surface area (Å²) in [6, 6.07) is 0. The zero-order chi connectivity index (χ0) is 7.40. The van der Waals surface area contributed by atoms with Crippen molar-refractivity contribution in [2.45, 2.75) is 0 Å². The predicted octanol–water partition coefficient (Wildman–Crippen LogP) is 1.48. The monoisotopic (exact) mass is 220 g/mol. The number of hydrogen-bond acceptors (Lipinski definition) is 3. The highest BCUT2D eigenvalue weighted by Crippen LogP contribution is 2.07. The van der Waals surface area contributed by atoms with Gasteiger partial charge in [-0.25, -0.2) is 0 Å². The Morgan fingerprint density at radius 2 is 2.70 bits per heavy atom. The third-order valence-electron chi connectivity index (χ3n) is 0.837. The Bertz CT molecular complexity index is 211. The van der Waals surface area contributed by atoms with Gasteiger partial charge in [-0.05, 0) is 11.5 Å². The Hall–Kier alpha value is -0.420. The summed E-state index contributed by atoms with van der Waals surface area (Å²) in [5, 5.41) is 4.73. The van der Waals surface area contributed by atoms with Gasteiger partial charge >= 0.3 is 0 Å². The van der Waals surface area contributed by atoms with Crippen molar-refractivity contribution in [3.05, 3.63) is 11.6 Å². The normalized spacial score (nSPS) is 9.30. The number of alkyl halides is 1. The lowest BCUT2D eigenvalue weighted by Crippen LogP contribution is -2.11. The average Bonchev–Trinajstić information content (AvgIpc) is 2.40. The van der Waals surface area contributed by atoms with Crippen molar-refractivity contribution in [1.29, 1.82) is 0 Å². The van der Waals surface area contributed by atoms with Crippen molar-refractivity contribution in [3.63, 3.8) is 0 Å². The van der Waals surface area contributed by atoms with Crippen LogP contribution in [0.4, 0.5) is 5.69 Å². The second-order valence-electron chi connectivity index (χ2n) is 1.59. The summed E-state index contributed by atoms with van der Waals surface area (Å²) in [4.78, 5) is 10.7. The quantitative estimate of drug-likeness (QED) is 0.768. The molecule has 0 unspecified atom stereocenters. The molecule has 0 atom stereocenters. The van der Waals surface area contributed by atoms with E-state index in [1.807, 2.05) is 0 Å². The van der Waals surface area contributed by atoms with Crippen molar-refractivity contribution in [2.75, 3.05) is 10.6 Å². The van der Waals surface area contributed by atoms with E-state index < -0.39 is 0 Å². The number of carbonyl (C=O) groups is 1. The number of aromatic nitrogens is 1. The first-order chi connectivity index (χ1) is 4.83. The van der Waals surface area contributed by atoms with Gasteiger partial charge in [-0.15, -0.1) is 0 Å². The van der Waals surface area contributed by atoms with Gasteiger partial charge in [-0.1, -0.05) is 15.9 Å². The van der Waals surface area contributed by atoms with E-state index in [0.29, 0.717) is 5.33 Å². The van der Waals surface area contributed by atoms with Crippen molar-refractivity contribution >= 4 is 39.1 Å². The fourth-order valence-corrected chi connectivity index (χ4v) is 1.07. The van der Waals surface area contributed by atoms with Gasteiger partial charge in [0.2, 0.25) is 5.91 Å². The van der Waals surface area contributed by atoms with E-state index in [0.717, 1.165) is 5.69 Å². The Morgan fingerprint density at radius 1 is 1.90 bits per heavy atom. The first-order valence-electron chi connectivity index (χ1n) is 2.58. The molecular weight excluding hydrogens is 216 g/mol. The van der Waals surface area contributed by atoms with E-state index >= 15 is 0 Å². The van der Waals surface area contributed by atoms with Gasteiger partial charge in [0, 0.05) is 5.38 Å². The lowest BCUT2D eigenvalue weighted by molar-refractivity contribution is -0.113. The van der Waals surface area contributed by atoms with Crippen LogP contribution in [0.25, 0.3) is 0 Å². The predicted molar refractivity (Wildman–Crippen MR) is 44.5 cm³/mol. The number of halogens is 1. The van der Waals surface area contributed by atoms with Crippen LogP contribution in [0.3, 0.4) is 0 Å². The highest BCUT2D eigenvalue weighted by atomic mass is 79.9. The highest BCUT2D eigenvalue weighted by molar-refractivity contribution is 9.09. The van der Waals surface area contributed by atoms with Gasteiger partial charge in [-0.2, -0.15) is 4.37 Å². The van der Waals surface area contributed by atoms with Crippen LogP contribution >= 0.6 is 27.5 Å². The average molecular weight is 221 g/mol. The standard InChI is InChI=1S/C5H5BrN2OS/c6-1-5(9)8-4-2-7-10-3-4/h2-3H,1H2,(H,8,9). The molecule has 0 spiro atoms. The zero-order valence-corrected chi connectivity index (χ0v) is 7.41. The maximum atomic E-state index is 10.7. The molecule has 10 heavy (non-hydrogen) atoms. The number of nitrogens with one attached hydrogen (secondary N) is 1. The SMILES string of the molecule is O=C(CBr)Nc1cnsc1. The maximum Gasteiger partial charge on any atom is 0.235 e. The number of anilines is 1. The van der Waals surface area contributed by atoms with E-state index in [1.54, 1.807) is 11.6 Å². The Labute approximate surface area is 70.7 Å². The lowest BCUT2D eigenvalue weighted by atomic mass is 10.5. The molecule has 1 aromatic heterocycles. The van der Waals surface area contributed by atoms with Gasteiger partial charge in [0.15, 0.2) is 0 Å². The molecule has 0 saturated heterocycles. The van der Waals surface area contributed by atoms with Crippen LogP contribution < -0.4 is 5.32 Å². The number of carbonyl (C=O) groups excluding carboxylic acids is 1.